The van der Waals surface area contributed by atoms with Gasteiger partial charge in [0, 0.05) is 13.1 Å². The van der Waals surface area contributed by atoms with Crippen LogP contribution in [0, 0.1) is 6.92 Å². The molecule has 2 aromatic rings. The summed E-state index contributed by atoms with van der Waals surface area (Å²) in [6.07, 6.45) is 0.944. The molecule has 0 N–H and O–H groups in total. The maximum atomic E-state index is 5.49. The summed E-state index contributed by atoms with van der Waals surface area (Å²) in [5.74, 6) is 0.891. The standard InChI is InChI=1S/C16H23N5O/c1-4-16(3,20-8-10-22-11-9-20)15-17-18-19-21(15)14-7-5-6-13(2)12-14/h5-7,12H,4,8-11H2,1-3H3/t16-/m0/s1. The maximum Gasteiger partial charge on any atom is 0.176 e. The van der Waals surface area contributed by atoms with Gasteiger partial charge in [-0.2, -0.15) is 4.68 Å². The number of tetrazole rings is 1. The van der Waals surface area contributed by atoms with Crippen LogP contribution in [0.4, 0.5) is 0 Å². The van der Waals surface area contributed by atoms with Crippen molar-refractivity contribution >= 4 is 0 Å². The number of rotatable bonds is 4. The van der Waals surface area contributed by atoms with E-state index in [0.717, 1.165) is 44.2 Å². The zero-order chi connectivity index (χ0) is 15.6. The number of hydrogen-bond acceptors (Lipinski definition) is 5. The van der Waals surface area contributed by atoms with Gasteiger partial charge in [-0.1, -0.05) is 19.1 Å². The molecule has 0 saturated carbocycles. The molecule has 0 amide bonds. The van der Waals surface area contributed by atoms with E-state index in [4.69, 9.17) is 4.74 Å². The smallest absolute Gasteiger partial charge is 0.176 e. The van der Waals surface area contributed by atoms with Gasteiger partial charge in [-0.05, 0) is 48.4 Å². The normalized spacial score (nSPS) is 19.0. The van der Waals surface area contributed by atoms with Gasteiger partial charge in [0.1, 0.15) is 0 Å². The summed E-state index contributed by atoms with van der Waals surface area (Å²) < 4.78 is 7.35. The number of nitrogens with zero attached hydrogens (tertiary/aromatic N) is 5. The molecule has 1 fully saturated rings. The Labute approximate surface area is 131 Å². The Morgan fingerprint density at radius 1 is 1.27 bits per heavy atom. The van der Waals surface area contributed by atoms with E-state index in [9.17, 15) is 0 Å². The second kappa shape index (κ2) is 6.14. The lowest BCUT2D eigenvalue weighted by molar-refractivity contribution is -0.0240. The van der Waals surface area contributed by atoms with Gasteiger partial charge in [0.25, 0.3) is 0 Å². The molecule has 1 atom stereocenters. The van der Waals surface area contributed by atoms with Crippen molar-refractivity contribution in [2.45, 2.75) is 32.7 Å². The van der Waals surface area contributed by atoms with Crippen molar-refractivity contribution in [2.24, 2.45) is 0 Å². The predicted octanol–water partition coefficient (Wildman–Crippen LogP) is 1.93. The number of hydrogen-bond donors (Lipinski definition) is 0. The highest BCUT2D eigenvalue weighted by Crippen LogP contribution is 2.31. The van der Waals surface area contributed by atoms with Crippen molar-refractivity contribution in [1.29, 1.82) is 0 Å². The van der Waals surface area contributed by atoms with E-state index in [0.29, 0.717) is 0 Å². The van der Waals surface area contributed by atoms with Crippen LogP contribution in [0.3, 0.4) is 0 Å². The number of morpholine rings is 1. The van der Waals surface area contributed by atoms with Crippen LogP contribution in [0.2, 0.25) is 0 Å². The lowest BCUT2D eigenvalue weighted by Gasteiger charge is -2.41. The molecule has 1 aliphatic rings. The molecule has 22 heavy (non-hydrogen) atoms. The van der Waals surface area contributed by atoms with E-state index in [-0.39, 0.29) is 5.54 Å². The molecule has 0 aliphatic carbocycles. The molecule has 1 aromatic heterocycles. The Kier molecular flexibility index (Phi) is 4.22. The van der Waals surface area contributed by atoms with E-state index < -0.39 is 0 Å². The van der Waals surface area contributed by atoms with Crippen LogP contribution in [0.25, 0.3) is 5.69 Å². The van der Waals surface area contributed by atoms with Crippen molar-refractivity contribution < 1.29 is 4.74 Å². The lowest BCUT2D eigenvalue weighted by atomic mass is 9.94. The summed E-state index contributed by atoms with van der Waals surface area (Å²) in [5.41, 5.74) is 2.01. The van der Waals surface area contributed by atoms with Crippen LogP contribution < -0.4 is 0 Å². The second-order valence-corrected chi connectivity index (χ2v) is 5.98. The first kappa shape index (κ1) is 15.1. The van der Waals surface area contributed by atoms with Crippen LogP contribution in [0.15, 0.2) is 24.3 Å². The predicted molar refractivity (Wildman–Crippen MR) is 83.9 cm³/mol. The molecule has 0 bridgehead atoms. The average Bonchev–Trinajstić information content (AvgIpc) is 3.05. The molecule has 3 rings (SSSR count). The molecule has 6 nitrogen and oxygen atoms in total. The zero-order valence-electron chi connectivity index (χ0n) is 13.5. The third-order valence-corrected chi connectivity index (χ3v) is 4.59. The third kappa shape index (κ3) is 2.64. The molecule has 0 radical (unpaired) electrons. The summed E-state index contributed by atoms with van der Waals surface area (Å²) in [6, 6.07) is 8.26. The minimum atomic E-state index is -0.197. The summed E-state index contributed by atoms with van der Waals surface area (Å²) in [6.45, 7) is 9.83. The van der Waals surface area contributed by atoms with Crippen molar-refractivity contribution in [2.75, 3.05) is 26.3 Å². The fourth-order valence-electron chi connectivity index (χ4n) is 3.04. The third-order valence-electron chi connectivity index (χ3n) is 4.59. The highest BCUT2D eigenvalue weighted by Gasteiger charge is 2.38. The molecule has 0 unspecified atom stereocenters. The average molecular weight is 301 g/mol. The SMILES string of the molecule is CC[C@@](C)(c1nnnn1-c1cccc(C)c1)N1CCOCC1. The second-order valence-electron chi connectivity index (χ2n) is 5.98. The zero-order valence-corrected chi connectivity index (χ0v) is 13.5. The molecule has 1 aromatic carbocycles. The maximum absolute atomic E-state index is 5.49. The number of ether oxygens (including phenoxy) is 1. The van der Waals surface area contributed by atoms with Crippen molar-refractivity contribution in [3.63, 3.8) is 0 Å². The topological polar surface area (TPSA) is 56.1 Å². The molecule has 0 spiro atoms. The highest BCUT2D eigenvalue weighted by molar-refractivity contribution is 5.35. The quantitative estimate of drug-likeness (QED) is 0.863. The fraction of sp³-hybridized carbons (Fsp3) is 0.562. The monoisotopic (exact) mass is 301 g/mol. The first-order valence-corrected chi connectivity index (χ1v) is 7.84. The van der Waals surface area contributed by atoms with Gasteiger partial charge in [-0.3, -0.25) is 4.90 Å². The van der Waals surface area contributed by atoms with E-state index in [1.165, 1.54) is 5.56 Å². The van der Waals surface area contributed by atoms with Gasteiger partial charge in [0.05, 0.1) is 24.4 Å². The molecule has 118 valence electrons. The van der Waals surface area contributed by atoms with Crippen LogP contribution in [-0.4, -0.2) is 51.4 Å². The van der Waals surface area contributed by atoms with Gasteiger partial charge >= 0.3 is 0 Å². The lowest BCUT2D eigenvalue weighted by Crippen LogP contribution is -2.50. The van der Waals surface area contributed by atoms with Gasteiger partial charge in [0.15, 0.2) is 5.82 Å². The van der Waals surface area contributed by atoms with Gasteiger partial charge < -0.3 is 4.74 Å². The van der Waals surface area contributed by atoms with Gasteiger partial charge in [0.2, 0.25) is 0 Å². The number of aromatic nitrogens is 4. The molecule has 6 heteroatoms. The van der Waals surface area contributed by atoms with E-state index >= 15 is 0 Å². The van der Waals surface area contributed by atoms with Crippen LogP contribution in [-0.2, 0) is 10.3 Å². The Balaban J connectivity index is 2.01. The van der Waals surface area contributed by atoms with Crippen LogP contribution in [0.5, 0.6) is 0 Å². The minimum Gasteiger partial charge on any atom is -0.379 e. The summed E-state index contributed by atoms with van der Waals surface area (Å²) >= 11 is 0. The Morgan fingerprint density at radius 2 is 2.05 bits per heavy atom. The number of benzene rings is 1. The van der Waals surface area contributed by atoms with Gasteiger partial charge in [-0.25, -0.2) is 0 Å². The van der Waals surface area contributed by atoms with Crippen LogP contribution >= 0.6 is 0 Å². The first-order chi connectivity index (χ1) is 10.6. The Morgan fingerprint density at radius 3 is 2.73 bits per heavy atom. The Hall–Kier alpha value is -1.79. The van der Waals surface area contributed by atoms with Crippen LogP contribution in [0.1, 0.15) is 31.7 Å². The molecule has 2 heterocycles. The van der Waals surface area contributed by atoms with E-state index in [1.54, 1.807) is 0 Å². The van der Waals surface area contributed by atoms with Crippen molar-refractivity contribution in [1.82, 2.24) is 25.1 Å². The first-order valence-electron chi connectivity index (χ1n) is 7.84. The summed E-state index contributed by atoms with van der Waals surface area (Å²) in [5, 5.41) is 12.5. The molecule has 1 saturated heterocycles. The van der Waals surface area contributed by atoms with Crippen molar-refractivity contribution in [3.05, 3.63) is 35.7 Å². The minimum absolute atomic E-state index is 0.197. The van der Waals surface area contributed by atoms with Gasteiger partial charge in [-0.15, -0.1) is 5.10 Å². The molecular formula is C16H23N5O. The Bertz CT molecular complexity index is 635. The number of aryl methyl sites for hydroxylation is 1. The van der Waals surface area contributed by atoms with E-state index in [2.05, 4.69) is 53.3 Å². The largest absolute Gasteiger partial charge is 0.379 e. The van der Waals surface area contributed by atoms with E-state index in [1.807, 2.05) is 16.8 Å². The highest BCUT2D eigenvalue weighted by atomic mass is 16.5. The molecule has 1 aliphatic heterocycles. The molecular weight excluding hydrogens is 278 g/mol. The van der Waals surface area contributed by atoms with Crippen molar-refractivity contribution in [3.8, 4) is 5.69 Å². The summed E-state index contributed by atoms with van der Waals surface area (Å²) in [7, 11) is 0. The fourth-order valence-corrected chi connectivity index (χ4v) is 3.04. The summed E-state index contributed by atoms with van der Waals surface area (Å²) in [4.78, 5) is 2.43.